The van der Waals surface area contributed by atoms with E-state index in [0.29, 0.717) is 24.2 Å². The molecule has 7 nitrogen and oxygen atoms in total. The van der Waals surface area contributed by atoms with E-state index in [1.54, 1.807) is 31.2 Å². The summed E-state index contributed by atoms with van der Waals surface area (Å²) in [5.74, 6) is -0.659. The van der Waals surface area contributed by atoms with E-state index in [2.05, 4.69) is 5.32 Å². The summed E-state index contributed by atoms with van der Waals surface area (Å²) in [7, 11) is 0. The van der Waals surface area contributed by atoms with Crippen LogP contribution < -0.4 is 10.2 Å². The van der Waals surface area contributed by atoms with Crippen LogP contribution >= 0.6 is 0 Å². The Hall–Kier alpha value is -3.22. The molecule has 1 aliphatic rings. The first-order valence-electron chi connectivity index (χ1n) is 8.38. The van der Waals surface area contributed by atoms with Gasteiger partial charge >= 0.3 is 0 Å². The van der Waals surface area contributed by atoms with E-state index in [1.165, 1.54) is 11.0 Å². The van der Waals surface area contributed by atoms with E-state index in [9.17, 15) is 19.7 Å². The zero-order chi connectivity index (χ0) is 18.8. The van der Waals surface area contributed by atoms with Gasteiger partial charge in [-0.1, -0.05) is 24.3 Å². The Morgan fingerprint density at radius 1 is 1.27 bits per heavy atom. The molecule has 1 N–H and O–H groups in total. The monoisotopic (exact) mass is 353 g/mol. The number of fused-ring (bicyclic) bond motifs is 1. The molecule has 0 aromatic heterocycles. The predicted octanol–water partition coefficient (Wildman–Crippen LogP) is 2.61. The smallest absolute Gasteiger partial charge is 0.273 e. The van der Waals surface area contributed by atoms with Crippen molar-refractivity contribution in [2.24, 2.45) is 0 Å². The van der Waals surface area contributed by atoms with Crippen molar-refractivity contribution in [3.8, 4) is 0 Å². The van der Waals surface area contributed by atoms with Crippen LogP contribution in [0.5, 0.6) is 0 Å². The summed E-state index contributed by atoms with van der Waals surface area (Å²) in [4.78, 5) is 37.7. The molecule has 2 amide bonds. The van der Waals surface area contributed by atoms with E-state index in [0.717, 1.165) is 5.56 Å². The van der Waals surface area contributed by atoms with Crippen LogP contribution in [0.1, 0.15) is 28.4 Å². The van der Waals surface area contributed by atoms with Gasteiger partial charge in [-0.2, -0.15) is 0 Å². The van der Waals surface area contributed by atoms with Crippen molar-refractivity contribution in [1.82, 2.24) is 5.32 Å². The average molecular weight is 353 g/mol. The van der Waals surface area contributed by atoms with E-state index in [-0.39, 0.29) is 17.2 Å². The van der Waals surface area contributed by atoms with Crippen molar-refractivity contribution in [2.45, 2.75) is 26.3 Å². The quantitative estimate of drug-likeness (QED) is 0.675. The van der Waals surface area contributed by atoms with Gasteiger partial charge in [0.15, 0.2) is 0 Å². The van der Waals surface area contributed by atoms with Gasteiger partial charge in [-0.15, -0.1) is 0 Å². The van der Waals surface area contributed by atoms with Crippen LogP contribution in [0, 0.1) is 17.0 Å². The summed E-state index contributed by atoms with van der Waals surface area (Å²) in [6.07, 6.45) is 0.418. The summed E-state index contributed by atoms with van der Waals surface area (Å²) >= 11 is 0. The van der Waals surface area contributed by atoms with E-state index < -0.39 is 16.9 Å². The zero-order valence-corrected chi connectivity index (χ0v) is 14.6. The number of anilines is 1. The van der Waals surface area contributed by atoms with Crippen LogP contribution in [0.2, 0.25) is 0 Å². The number of nitro groups is 1. The van der Waals surface area contributed by atoms with Crippen LogP contribution in [0.25, 0.3) is 0 Å². The molecule has 2 aromatic carbocycles. The third kappa shape index (κ3) is 3.03. The van der Waals surface area contributed by atoms with Crippen molar-refractivity contribution in [2.75, 3.05) is 11.4 Å². The Kier molecular flexibility index (Phi) is 4.71. The minimum Gasteiger partial charge on any atom is -0.355 e. The molecule has 0 saturated carbocycles. The number of benzene rings is 2. The molecule has 0 radical (unpaired) electrons. The molecule has 0 bridgehead atoms. The molecular formula is C19H19N3O4. The average Bonchev–Trinajstić information content (AvgIpc) is 3.01. The predicted molar refractivity (Wildman–Crippen MR) is 97.3 cm³/mol. The molecule has 1 aliphatic heterocycles. The lowest BCUT2D eigenvalue weighted by Gasteiger charge is -2.25. The number of aryl methyl sites for hydroxylation is 1. The highest BCUT2D eigenvalue weighted by molar-refractivity contribution is 6.11. The number of likely N-dealkylation sites (N-methyl/N-ethyl adjacent to an activating group) is 1. The summed E-state index contributed by atoms with van der Waals surface area (Å²) < 4.78 is 0. The number of amides is 2. The summed E-state index contributed by atoms with van der Waals surface area (Å²) in [5, 5.41) is 13.9. The minimum atomic E-state index is -0.666. The molecule has 2 aromatic rings. The van der Waals surface area contributed by atoms with Gasteiger partial charge in [-0.25, -0.2) is 0 Å². The van der Waals surface area contributed by atoms with Crippen molar-refractivity contribution < 1.29 is 14.5 Å². The molecule has 0 spiro atoms. The first-order valence-corrected chi connectivity index (χ1v) is 8.38. The molecule has 0 saturated heterocycles. The number of hydrogen-bond donors (Lipinski definition) is 1. The summed E-state index contributed by atoms with van der Waals surface area (Å²) in [6.45, 7) is 3.90. The number of rotatable bonds is 4. The Bertz CT molecular complexity index is 894. The second kappa shape index (κ2) is 6.95. The third-order valence-corrected chi connectivity index (χ3v) is 4.50. The second-order valence-electron chi connectivity index (χ2n) is 6.18. The maximum Gasteiger partial charge on any atom is 0.273 e. The molecule has 134 valence electrons. The Balaban J connectivity index is 2.03. The highest BCUT2D eigenvalue weighted by atomic mass is 16.6. The number of nitrogens with zero attached hydrogens (tertiary/aromatic N) is 2. The van der Waals surface area contributed by atoms with Crippen molar-refractivity contribution >= 4 is 23.2 Å². The lowest BCUT2D eigenvalue weighted by Crippen LogP contribution is -2.48. The number of carbonyl (C=O) groups is 2. The second-order valence-corrected chi connectivity index (χ2v) is 6.18. The normalized spacial score (nSPS) is 15.5. The molecule has 1 atom stereocenters. The Morgan fingerprint density at radius 2 is 2.00 bits per heavy atom. The number of hydrogen-bond acceptors (Lipinski definition) is 4. The molecular weight excluding hydrogens is 334 g/mol. The van der Waals surface area contributed by atoms with Crippen LogP contribution in [0.3, 0.4) is 0 Å². The number of nitrogens with one attached hydrogen (secondary N) is 1. The van der Waals surface area contributed by atoms with Crippen LogP contribution in [-0.4, -0.2) is 29.3 Å². The van der Waals surface area contributed by atoms with Crippen molar-refractivity contribution in [3.63, 3.8) is 0 Å². The Labute approximate surface area is 150 Å². The van der Waals surface area contributed by atoms with Gasteiger partial charge in [0.1, 0.15) is 6.04 Å². The van der Waals surface area contributed by atoms with Crippen LogP contribution in [0.4, 0.5) is 11.4 Å². The van der Waals surface area contributed by atoms with Crippen LogP contribution in [-0.2, 0) is 11.2 Å². The third-order valence-electron chi connectivity index (χ3n) is 4.50. The first-order chi connectivity index (χ1) is 12.4. The molecule has 0 aliphatic carbocycles. The molecule has 26 heavy (non-hydrogen) atoms. The van der Waals surface area contributed by atoms with Gasteiger partial charge in [-0.3, -0.25) is 24.6 Å². The fourth-order valence-electron chi connectivity index (χ4n) is 3.22. The van der Waals surface area contributed by atoms with Gasteiger partial charge in [0.2, 0.25) is 5.91 Å². The highest BCUT2D eigenvalue weighted by Crippen LogP contribution is 2.34. The van der Waals surface area contributed by atoms with Gasteiger partial charge in [0.25, 0.3) is 11.6 Å². The maximum atomic E-state index is 13.1. The zero-order valence-electron chi connectivity index (χ0n) is 14.6. The molecule has 1 unspecified atom stereocenters. The largest absolute Gasteiger partial charge is 0.355 e. The van der Waals surface area contributed by atoms with Gasteiger partial charge in [0, 0.05) is 35.8 Å². The van der Waals surface area contributed by atoms with Crippen molar-refractivity contribution in [3.05, 3.63) is 69.3 Å². The van der Waals surface area contributed by atoms with Gasteiger partial charge < -0.3 is 5.32 Å². The molecule has 1 heterocycles. The van der Waals surface area contributed by atoms with Crippen molar-refractivity contribution in [1.29, 1.82) is 0 Å². The molecule has 3 rings (SSSR count). The van der Waals surface area contributed by atoms with E-state index in [1.807, 2.05) is 19.1 Å². The number of para-hydroxylation sites is 1. The van der Waals surface area contributed by atoms with E-state index in [4.69, 9.17) is 0 Å². The molecule has 0 fully saturated rings. The summed E-state index contributed by atoms with van der Waals surface area (Å²) in [5.41, 5.74) is 2.12. The Morgan fingerprint density at radius 3 is 2.69 bits per heavy atom. The fourth-order valence-corrected chi connectivity index (χ4v) is 3.22. The lowest BCUT2D eigenvalue weighted by atomic mass is 10.1. The minimum absolute atomic E-state index is 0.113. The van der Waals surface area contributed by atoms with Gasteiger partial charge in [-0.05, 0) is 31.5 Å². The van der Waals surface area contributed by atoms with Crippen LogP contribution in [0.15, 0.2) is 42.5 Å². The first kappa shape index (κ1) is 17.6. The van der Waals surface area contributed by atoms with Gasteiger partial charge in [0.05, 0.1) is 4.92 Å². The highest BCUT2D eigenvalue weighted by Gasteiger charge is 2.38. The number of nitro benzene ring substituents is 1. The SMILES string of the molecule is CCNC(=O)C1Cc2ccccc2N1C(=O)c1ccc(C)c([N+](=O)[O-])c1. The fraction of sp³-hybridized carbons (Fsp3) is 0.263. The molecule has 7 heteroatoms. The number of carbonyl (C=O) groups excluding carboxylic acids is 2. The standard InChI is InChI=1S/C19H19N3O4/c1-3-20-18(23)17-10-13-6-4-5-7-15(13)21(17)19(24)14-9-8-12(2)16(11-14)22(25)26/h4-9,11,17H,3,10H2,1-2H3,(H,20,23). The summed E-state index contributed by atoms with van der Waals surface area (Å²) in [6, 6.07) is 11.0. The van der Waals surface area contributed by atoms with E-state index >= 15 is 0 Å². The topological polar surface area (TPSA) is 92.6 Å². The lowest BCUT2D eigenvalue weighted by molar-refractivity contribution is -0.385. The maximum absolute atomic E-state index is 13.1.